The van der Waals surface area contributed by atoms with Gasteiger partial charge in [0.2, 0.25) is 23.4 Å². The lowest BCUT2D eigenvalue weighted by molar-refractivity contribution is -0.777. The number of anilines is 1. The van der Waals surface area contributed by atoms with Crippen molar-refractivity contribution in [3.8, 4) is 0 Å². The zero-order valence-corrected chi connectivity index (χ0v) is 44.4. The van der Waals surface area contributed by atoms with Crippen LogP contribution in [0.1, 0.15) is 141 Å². The Balaban J connectivity index is 1.44. The SMILES string of the molecule is CC1(C)C2=[N+](CCCCCC(=O)NC(C(=O)NCCCCCC(=O)O)CCCCNC(=O)CCCCCC3(C)/C(=C/C=C/C=C/2)N(CCCSOOO)c2ccc(S(=O)(=O)O)cc23)c2ccc(SOO[O-])cc21. The topological polar surface area (TPSA) is 265 Å². The van der Waals surface area contributed by atoms with Gasteiger partial charge in [-0.2, -0.15) is 17.3 Å². The number of carbonyl (C=O) groups excluding carboxylic acids is 3. The Bertz CT molecular complexity index is 2450. The van der Waals surface area contributed by atoms with E-state index in [1.54, 1.807) is 12.1 Å². The predicted molar refractivity (Wildman–Crippen MR) is 276 cm³/mol. The number of carbonyl (C=O) groups is 4. The zero-order chi connectivity index (χ0) is 52.9. The summed E-state index contributed by atoms with van der Waals surface area (Å²) >= 11 is 1.77. The first-order chi connectivity index (χ1) is 35.0. The van der Waals surface area contributed by atoms with Gasteiger partial charge in [-0.15, -0.1) is 4.33 Å². The standard InChI is InChI=1S/C51H71N5O14S3/c1-50(2)39-35-37(72-70-68-63)25-27-42(39)55-32-17-7-11-23-47(58)54-41(49(61)53-31-15-6-12-24-48(59)60)19-13-16-30-52-46(57)22-10-5-14-29-51(3)40-36-38(73(64,65)66)26-28-43(40)56(33-18-34-71-69-67-62)45(51)21-9-4-8-20-44(50)55/h4,8-9,20-21,25-28,35-36,41H,5-7,10-19,22-24,29-34H2,1-3H3,(H6-,52,53,54,57,58,59,60,61,62,63,64,65,66). The molecular formula is C51H71N5O14S3. The van der Waals surface area contributed by atoms with E-state index in [0.717, 1.165) is 70.8 Å². The molecule has 3 heterocycles. The first-order valence-electron chi connectivity index (χ1n) is 25.0. The van der Waals surface area contributed by atoms with Crippen molar-refractivity contribution in [3.05, 3.63) is 83.6 Å². The summed E-state index contributed by atoms with van der Waals surface area (Å²) in [6.45, 7) is 8.22. The number of hydrogen-bond donors (Lipinski definition) is 6. The molecule has 5 rings (SSSR count). The molecule has 0 saturated carbocycles. The second-order valence-corrected chi connectivity index (χ2v) is 22.1. The zero-order valence-electron chi connectivity index (χ0n) is 41.9. The average molecular weight is 1070 g/mol. The average Bonchev–Trinajstić information content (AvgIpc) is 3.70. The third kappa shape index (κ3) is 17.5. The van der Waals surface area contributed by atoms with E-state index in [2.05, 4.69) is 71.0 Å². The Hall–Kier alpha value is -4.62. The maximum atomic E-state index is 13.4. The quantitative estimate of drug-likeness (QED) is 0.0220. The van der Waals surface area contributed by atoms with Crippen LogP contribution in [-0.2, 0) is 58.9 Å². The number of fused-ring (bicyclic) bond motifs is 5. The molecule has 73 heavy (non-hydrogen) atoms. The lowest BCUT2D eigenvalue weighted by Crippen LogP contribution is -2.47. The molecular weight excluding hydrogens is 1000 g/mol. The minimum Gasteiger partial charge on any atom is -0.691 e. The highest BCUT2D eigenvalue weighted by atomic mass is 32.2. The number of amides is 3. The molecule has 0 radical (unpaired) electrons. The molecule has 2 aromatic carbocycles. The number of nitrogens with one attached hydrogen (secondary N) is 3. The van der Waals surface area contributed by atoms with Gasteiger partial charge in [-0.05, 0) is 127 Å². The van der Waals surface area contributed by atoms with Crippen LogP contribution in [-0.4, -0.2) is 95.3 Å². The van der Waals surface area contributed by atoms with Crippen LogP contribution in [0.4, 0.5) is 11.4 Å². The molecule has 3 amide bonds. The molecule has 0 saturated heterocycles. The maximum absolute atomic E-state index is 13.4. The summed E-state index contributed by atoms with van der Waals surface area (Å²) < 4.78 is 46.7. The Morgan fingerprint density at radius 1 is 0.904 bits per heavy atom. The predicted octanol–water partition coefficient (Wildman–Crippen LogP) is 7.83. The van der Waals surface area contributed by atoms with Crippen LogP contribution in [0.5, 0.6) is 0 Å². The molecule has 2 atom stereocenters. The van der Waals surface area contributed by atoms with E-state index in [0.29, 0.717) is 120 Å². The maximum Gasteiger partial charge on any atom is 0.303 e. The van der Waals surface area contributed by atoms with Crippen LogP contribution in [0, 0.1) is 0 Å². The van der Waals surface area contributed by atoms with Crippen LogP contribution in [0.2, 0.25) is 0 Å². The molecule has 0 bridgehead atoms. The molecule has 6 N–H and O–H groups in total. The molecule has 19 nitrogen and oxygen atoms in total. The van der Waals surface area contributed by atoms with Crippen molar-refractivity contribution in [3.63, 3.8) is 0 Å². The fourth-order valence-corrected chi connectivity index (χ4v) is 11.1. The number of rotatable bonds is 17. The number of aliphatic carboxylic acids is 1. The minimum absolute atomic E-state index is 0.0664. The molecule has 2 aromatic rings. The summed E-state index contributed by atoms with van der Waals surface area (Å²) in [5, 5.41) is 44.5. The van der Waals surface area contributed by atoms with Crippen LogP contribution in [0.3, 0.4) is 0 Å². The Labute approximate surface area is 437 Å². The van der Waals surface area contributed by atoms with Gasteiger partial charge in [-0.1, -0.05) is 42.5 Å². The molecule has 0 aliphatic carbocycles. The van der Waals surface area contributed by atoms with Gasteiger partial charge in [0.25, 0.3) is 10.1 Å². The van der Waals surface area contributed by atoms with E-state index >= 15 is 0 Å². The number of unbranched alkanes of at least 4 members (excludes halogenated alkanes) is 2. The van der Waals surface area contributed by atoms with Crippen LogP contribution >= 0.6 is 24.1 Å². The lowest BCUT2D eigenvalue weighted by Gasteiger charge is -2.30. The highest BCUT2D eigenvalue weighted by Crippen LogP contribution is 2.51. The van der Waals surface area contributed by atoms with Gasteiger partial charge in [0, 0.05) is 103 Å². The van der Waals surface area contributed by atoms with Crippen molar-refractivity contribution in [2.75, 3.05) is 36.8 Å². The largest absolute Gasteiger partial charge is 0.691 e. The van der Waals surface area contributed by atoms with Gasteiger partial charge in [0.05, 0.1) is 22.4 Å². The minimum atomic E-state index is -4.53. The van der Waals surface area contributed by atoms with Crippen molar-refractivity contribution in [1.29, 1.82) is 0 Å². The molecule has 402 valence electrons. The highest BCUT2D eigenvalue weighted by Gasteiger charge is 2.45. The van der Waals surface area contributed by atoms with Gasteiger partial charge in [0.1, 0.15) is 12.6 Å². The number of nitrogens with zero attached hydrogens (tertiary/aromatic N) is 2. The molecule has 0 spiro atoms. The fraction of sp³-hybridized carbons (Fsp3) is 0.549. The monoisotopic (exact) mass is 1070 g/mol. The molecule has 3 aliphatic rings. The van der Waals surface area contributed by atoms with Gasteiger partial charge in [-0.25, -0.2) is 5.26 Å². The second kappa shape index (κ2) is 29.5. The van der Waals surface area contributed by atoms with E-state index in [4.69, 9.17) is 10.4 Å². The first kappa shape index (κ1) is 59.3. The Morgan fingerprint density at radius 3 is 2.44 bits per heavy atom. The first-order valence-corrected chi connectivity index (χ1v) is 28.1. The Morgan fingerprint density at radius 2 is 1.68 bits per heavy atom. The van der Waals surface area contributed by atoms with Gasteiger partial charge in [-0.3, -0.25) is 28.8 Å². The molecule has 0 fully saturated rings. The normalized spacial score (nSPS) is 22.2. The van der Waals surface area contributed by atoms with E-state index in [9.17, 15) is 37.4 Å². The van der Waals surface area contributed by atoms with Crippen LogP contribution in [0.25, 0.3) is 0 Å². The lowest BCUT2D eigenvalue weighted by atomic mass is 9.77. The molecule has 0 aromatic heterocycles. The van der Waals surface area contributed by atoms with Gasteiger partial charge < -0.3 is 31.2 Å². The number of hydrogen-bond acceptors (Lipinski definition) is 15. The summed E-state index contributed by atoms with van der Waals surface area (Å²) in [4.78, 5) is 53.2. The highest BCUT2D eigenvalue weighted by molar-refractivity contribution is 7.94. The van der Waals surface area contributed by atoms with Gasteiger partial charge in [0.15, 0.2) is 5.71 Å². The third-order valence-corrected chi connectivity index (χ3v) is 15.6. The van der Waals surface area contributed by atoms with E-state index in [1.165, 1.54) is 6.07 Å². The number of allylic oxidation sites excluding steroid dienone is 6. The fourth-order valence-electron chi connectivity index (χ4n) is 9.80. The number of carboxylic acid groups (broad SMARTS) is 1. The van der Waals surface area contributed by atoms with Crippen molar-refractivity contribution >= 4 is 75.0 Å². The molecule has 22 heteroatoms. The van der Waals surface area contributed by atoms with Crippen LogP contribution in [0.15, 0.2) is 82.3 Å². The summed E-state index contributed by atoms with van der Waals surface area (Å²) in [6, 6.07) is 9.71. The second-order valence-electron chi connectivity index (χ2n) is 19.1. The summed E-state index contributed by atoms with van der Waals surface area (Å²) in [7, 11) is -4.53. The van der Waals surface area contributed by atoms with E-state index in [-0.39, 0.29) is 35.5 Å². The Kier molecular flexibility index (Phi) is 23.9. The summed E-state index contributed by atoms with van der Waals surface area (Å²) in [5.74, 6) is -1.01. The summed E-state index contributed by atoms with van der Waals surface area (Å²) in [5.41, 5.74) is 4.28. The van der Waals surface area contributed by atoms with Gasteiger partial charge >= 0.3 is 5.97 Å². The smallest absolute Gasteiger partial charge is 0.303 e. The third-order valence-electron chi connectivity index (χ3n) is 13.6. The van der Waals surface area contributed by atoms with Crippen molar-refractivity contribution in [2.24, 2.45) is 0 Å². The number of benzene rings is 2. The van der Waals surface area contributed by atoms with Crippen LogP contribution < -0.4 is 26.1 Å². The van der Waals surface area contributed by atoms with Crippen molar-refractivity contribution in [2.45, 2.75) is 157 Å². The van der Waals surface area contributed by atoms with Crippen molar-refractivity contribution < 1.29 is 71.1 Å². The van der Waals surface area contributed by atoms with E-state index < -0.39 is 33.0 Å². The molecule has 2 unspecified atom stereocenters. The summed E-state index contributed by atoms with van der Waals surface area (Å²) in [6.07, 6.45) is 19.1. The number of carboxylic acids is 1. The van der Waals surface area contributed by atoms with E-state index in [1.807, 2.05) is 42.5 Å². The van der Waals surface area contributed by atoms with Crippen molar-refractivity contribution in [1.82, 2.24) is 16.0 Å². The molecule has 3 aliphatic heterocycles.